The molecule has 1 saturated heterocycles. The van der Waals surface area contributed by atoms with Crippen LogP contribution in [0.3, 0.4) is 0 Å². The van der Waals surface area contributed by atoms with E-state index in [-0.39, 0.29) is 17.2 Å². The van der Waals surface area contributed by atoms with Gasteiger partial charge in [-0.1, -0.05) is 18.9 Å². The zero-order chi connectivity index (χ0) is 26.8. The number of carbonyl (C=O) groups is 1. The molecular weight excluding hydrogens is 528 g/mol. The summed E-state index contributed by atoms with van der Waals surface area (Å²) in [5.74, 6) is -0.542. The van der Waals surface area contributed by atoms with Crippen molar-refractivity contribution >= 4 is 45.0 Å². The summed E-state index contributed by atoms with van der Waals surface area (Å²) in [4.78, 5) is 28.7. The lowest BCUT2D eigenvalue weighted by atomic mass is 10.0. The van der Waals surface area contributed by atoms with E-state index in [1.807, 2.05) is 24.0 Å². The van der Waals surface area contributed by atoms with E-state index in [1.54, 1.807) is 25.4 Å². The summed E-state index contributed by atoms with van der Waals surface area (Å²) in [5, 5.41) is 0.440. The van der Waals surface area contributed by atoms with Crippen molar-refractivity contribution in [3.05, 3.63) is 75.5 Å². The number of halogens is 2. The van der Waals surface area contributed by atoms with Crippen LogP contribution in [0.4, 0.5) is 14.5 Å². The Balaban J connectivity index is 1.65. The predicted octanol–water partition coefficient (Wildman–Crippen LogP) is 7.04. The van der Waals surface area contributed by atoms with Crippen LogP contribution in [0.1, 0.15) is 35.9 Å². The summed E-state index contributed by atoms with van der Waals surface area (Å²) < 4.78 is 39.3. The highest BCUT2D eigenvalue weighted by molar-refractivity contribution is 8.00. The van der Waals surface area contributed by atoms with Crippen LogP contribution in [0.25, 0.3) is 21.2 Å². The third-order valence-electron chi connectivity index (χ3n) is 6.42. The molecule has 1 amide bonds. The lowest BCUT2D eigenvalue weighted by molar-refractivity contribution is 0.0729. The molecule has 198 valence electrons. The van der Waals surface area contributed by atoms with Gasteiger partial charge in [0, 0.05) is 55.0 Å². The molecule has 2 aromatic carbocycles. The summed E-state index contributed by atoms with van der Waals surface area (Å²) in [6, 6.07) is 10.2. The van der Waals surface area contributed by atoms with Crippen molar-refractivity contribution < 1.29 is 18.3 Å². The Hall–Kier alpha value is -3.37. The molecular formula is C28H27F2N3O3S2. The molecule has 38 heavy (non-hydrogen) atoms. The monoisotopic (exact) mass is 555 g/mol. The highest BCUT2D eigenvalue weighted by atomic mass is 32.2. The summed E-state index contributed by atoms with van der Waals surface area (Å²) in [5.41, 5.74) is 1.87. The van der Waals surface area contributed by atoms with Crippen molar-refractivity contribution in [1.29, 1.82) is 0 Å². The van der Waals surface area contributed by atoms with Crippen LogP contribution in [-0.4, -0.2) is 34.2 Å². The number of carbonyl (C=O) groups excluding carboxylic acids is 1. The number of fused-ring (bicyclic) bond motifs is 1. The Morgan fingerprint density at radius 2 is 1.82 bits per heavy atom. The molecule has 4 aromatic rings. The maximum Gasteiger partial charge on any atom is 0.263 e. The number of ether oxygens (including phenoxy) is 1. The zero-order valence-electron chi connectivity index (χ0n) is 21.1. The molecule has 0 saturated carbocycles. The van der Waals surface area contributed by atoms with E-state index in [0.717, 1.165) is 42.8 Å². The SMILES string of the molecule is CCSNc1ccc(Oc2ccc(F)cc2F)c(-c2cn(C)c(=O)c3cc(C(=O)N4CCCCC4)sc23)c1. The summed E-state index contributed by atoms with van der Waals surface area (Å²) >= 11 is 2.79. The number of amides is 1. The molecule has 0 aliphatic carbocycles. The lowest BCUT2D eigenvalue weighted by Crippen LogP contribution is -2.35. The minimum atomic E-state index is -0.823. The molecule has 6 nitrogen and oxygen atoms in total. The molecule has 3 heterocycles. The summed E-state index contributed by atoms with van der Waals surface area (Å²) in [6.45, 7) is 3.44. The van der Waals surface area contributed by atoms with Gasteiger partial charge in [0.05, 0.1) is 15.0 Å². The van der Waals surface area contributed by atoms with E-state index < -0.39 is 11.6 Å². The molecule has 1 aliphatic rings. The van der Waals surface area contributed by atoms with Crippen LogP contribution in [0.2, 0.25) is 0 Å². The van der Waals surface area contributed by atoms with Gasteiger partial charge in [-0.3, -0.25) is 9.59 Å². The number of nitrogens with one attached hydrogen (secondary N) is 1. The van der Waals surface area contributed by atoms with Gasteiger partial charge in [0.1, 0.15) is 11.6 Å². The number of benzene rings is 2. The van der Waals surface area contributed by atoms with Gasteiger partial charge >= 0.3 is 0 Å². The molecule has 10 heteroatoms. The third-order valence-corrected chi connectivity index (χ3v) is 8.25. The van der Waals surface area contributed by atoms with Crippen molar-refractivity contribution in [2.75, 3.05) is 23.6 Å². The van der Waals surface area contributed by atoms with Gasteiger partial charge in [-0.05, 0) is 55.7 Å². The molecule has 0 bridgehead atoms. The minimum absolute atomic E-state index is 0.0708. The van der Waals surface area contributed by atoms with Gasteiger partial charge in [0.2, 0.25) is 0 Å². The Bertz CT molecular complexity index is 1560. The van der Waals surface area contributed by atoms with E-state index >= 15 is 0 Å². The number of aromatic nitrogens is 1. The molecule has 1 N–H and O–H groups in total. The molecule has 1 aliphatic heterocycles. The van der Waals surface area contributed by atoms with E-state index in [9.17, 15) is 18.4 Å². The first-order valence-corrected chi connectivity index (χ1v) is 14.2. The first-order valence-electron chi connectivity index (χ1n) is 12.4. The molecule has 0 unspecified atom stereocenters. The fourth-order valence-corrected chi connectivity index (χ4v) is 6.11. The van der Waals surface area contributed by atoms with Gasteiger partial charge in [-0.2, -0.15) is 0 Å². The third kappa shape index (κ3) is 5.28. The number of piperidine rings is 1. The molecule has 0 atom stereocenters. The predicted molar refractivity (Wildman–Crippen MR) is 150 cm³/mol. The van der Waals surface area contributed by atoms with Crippen LogP contribution in [-0.2, 0) is 7.05 Å². The van der Waals surface area contributed by atoms with Crippen LogP contribution in [0, 0.1) is 11.6 Å². The topological polar surface area (TPSA) is 63.6 Å². The largest absolute Gasteiger partial charge is 0.454 e. The first-order chi connectivity index (χ1) is 18.4. The van der Waals surface area contributed by atoms with Gasteiger partial charge in [0.15, 0.2) is 11.6 Å². The van der Waals surface area contributed by atoms with Gasteiger partial charge in [0.25, 0.3) is 11.5 Å². The minimum Gasteiger partial charge on any atom is -0.454 e. The average Bonchev–Trinajstić information content (AvgIpc) is 3.37. The van der Waals surface area contributed by atoms with Crippen LogP contribution in [0.5, 0.6) is 11.5 Å². The lowest BCUT2D eigenvalue weighted by Gasteiger charge is -2.26. The number of anilines is 1. The smallest absolute Gasteiger partial charge is 0.263 e. The highest BCUT2D eigenvalue weighted by Gasteiger charge is 2.24. The van der Waals surface area contributed by atoms with Crippen molar-refractivity contribution in [3.63, 3.8) is 0 Å². The van der Waals surface area contributed by atoms with Gasteiger partial charge in [-0.25, -0.2) is 8.78 Å². The number of nitrogens with zero attached hydrogens (tertiary/aromatic N) is 2. The van der Waals surface area contributed by atoms with Crippen LogP contribution < -0.4 is 15.0 Å². The number of likely N-dealkylation sites (tertiary alicyclic amines) is 1. The van der Waals surface area contributed by atoms with Crippen molar-refractivity contribution in [2.24, 2.45) is 7.05 Å². The second-order valence-electron chi connectivity index (χ2n) is 9.09. The van der Waals surface area contributed by atoms with E-state index in [4.69, 9.17) is 4.74 Å². The van der Waals surface area contributed by atoms with Gasteiger partial charge in [-0.15, -0.1) is 11.3 Å². The second kappa shape index (κ2) is 11.2. The summed E-state index contributed by atoms with van der Waals surface area (Å²) in [6.07, 6.45) is 4.76. The number of hydrogen-bond donors (Lipinski definition) is 1. The molecule has 1 fully saturated rings. The maximum atomic E-state index is 14.5. The quantitative estimate of drug-likeness (QED) is 0.248. The van der Waals surface area contributed by atoms with Crippen molar-refractivity contribution in [2.45, 2.75) is 26.2 Å². The number of hydrogen-bond acceptors (Lipinski definition) is 6. The Labute approximate surface area is 227 Å². The van der Waals surface area contributed by atoms with Crippen molar-refractivity contribution in [3.8, 4) is 22.6 Å². The van der Waals surface area contributed by atoms with Gasteiger partial charge < -0.3 is 18.9 Å². The van der Waals surface area contributed by atoms with Crippen molar-refractivity contribution in [1.82, 2.24) is 9.47 Å². The van der Waals surface area contributed by atoms with E-state index in [0.29, 0.717) is 44.9 Å². The molecule has 0 spiro atoms. The molecule has 5 rings (SSSR count). The second-order valence-corrected chi connectivity index (χ2v) is 11.2. The first kappa shape index (κ1) is 26.2. The fourth-order valence-electron chi connectivity index (χ4n) is 4.53. The normalized spacial score (nSPS) is 13.6. The zero-order valence-corrected chi connectivity index (χ0v) is 22.7. The highest BCUT2D eigenvalue weighted by Crippen LogP contribution is 2.41. The standard InChI is InChI=1S/C28H27F2N3O3S2/c1-3-37-31-18-8-10-23(36-24-9-7-17(29)13-22(24)30)19(14-18)21-16-32(2)27(34)20-15-25(38-26(20)21)28(35)33-11-5-4-6-12-33/h7-10,13-16,31H,3-6,11-12H2,1-2H3. The maximum absolute atomic E-state index is 14.5. The van der Waals surface area contributed by atoms with Crippen LogP contribution >= 0.6 is 23.3 Å². The average molecular weight is 556 g/mol. The number of rotatable bonds is 7. The van der Waals surface area contributed by atoms with Crippen LogP contribution in [0.15, 0.2) is 53.5 Å². The number of aryl methyl sites for hydroxylation is 1. The number of pyridine rings is 1. The number of thiophene rings is 1. The van der Waals surface area contributed by atoms with E-state index in [1.165, 1.54) is 33.9 Å². The Kier molecular flexibility index (Phi) is 7.71. The molecule has 2 aromatic heterocycles. The molecule has 0 radical (unpaired) electrons. The fraction of sp³-hybridized carbons (Fsp3) is 0.286. The summed E-state index contributed by atoms with van der Waals surface area (Å²) in [7, 11) is 1.66. The Morgan fingerprint density at radius 3 is 2.55 bits per heavy atom. The Morgan fingerprint density at radius 1 is 1.05 bits per heavy atom. The van der Waals surface area contributed by atoms with E-state index in [2.05, 4.69) is 4.72 Å².